The first-order valence-corrected chi connectivity index (χ1v) is 17.2. The molecule has 0 spiro atoms. The van der Waals surface area contributed by atoms with E-state index in [9.17, 15) is 13.6 Å². The Balaban J connectivity index is 0.975. The van der Waals surface area contributed by atoms with Gasteiger partial charge in [0.15, 0.2) is 0 Å². The van der Waals surface area contributed by atoms with Crippen molar-refractivity contribution >= 4 is 50.7 Å². The molecule has 2 N–H and O–H groups in total. The lowest BCUT2D eigenvalue weighted by molar-refractivity contribution is -0.0591. The van der Waals surface area contributed by atoms with E-state index in [0.29, 0.717) is 58.3 Å². The van der Waals surface area contributed by atoms with Crippen LogP contribution in [0.1, 0.15) is 45.8 Å². The van der Waals surface area contributed by atoms with Crippen LogP contribution in [-0.2, 0) is 24.4 Å². The van der Waals surface area contributed by atoms with Gasteiger partial charge in [-0.25, -0.2) is 14.4 Å². The molecule has 10 nitrogen and oxygen atoms in total. The van der Waals surface area contributed by atoms with Crippen molar-refractivity contribution in [1.29, 1.82) is 0 Å². The molecule has 1 amide bonds. The van der Waals surface area contributed by atoms with Crippen LogP contribution in [0.5, 0.6) is 5.88 Å². The Bertz CT molecular complexity index is 2320. The molecule has 1 fully saturated rings. The normalized spacial score (nSPS) is 16.3. The third-order valence-corrected chi connectivity index (χ3v) is 9.69. The fourth-order valence-electron chi connectivity index (χ4n) is 6.56. The zero-order valence-corrected chi connectivity index (χ0v) is 28.5. The van der Waals surface area contributed by atoms with E-state index in [0.717, 1.165) is 59.7 Å². The number of H-pyrrole nitrogens is 1. The van der Waals surface area contributed by atoms with Gasteiger partial charge in [-0.3, -0.25) is 14.8 Å². The molecule has 1 atom stereocenters. The average molecular weight is 710 g/mol. The summed E-state index contributed by atoms with van der Waals surface area (Å²) in [6, 6.07) is 19.0. The van der Waals surface area contributed by atoms with E-state index >= 15 is 0 Å². The highest BCUT2D eigenvalue weighted by atomic mass is 35.5. The van der Waals surface area contributed by atoms with E-state index in [2.05, 4.69) is 36.0 Å². The number of nitrogens with zero attached hydrogens (tertiary/aromatic N) is 5. The first-order valence-electron chi connectivity index (χ1n) is 16.8. The summed E-state index contributed by atoms with van der Waals surface area (Å²) in [5.41, 5.74) is 6.34. The van der Waals surface area contributed by atoms with Crippen molar-refractivity contribution in [3.63, 3.8) is 0 Å². The largest absolute Gasteiger partial charge is 0.473 e. The molecule has 3 aromatic carbocycles. The summed E-state index contributed by atoms with van der Waals surface area (Å²) in [4.78, 5) is 25.4. The Morgan fingerprint density at radius 3 is 2.78 bits per heavy atom. The molecule has 5 heterocycles. The van der Waals surface area contributed by atoms with Crippen molar-refractivity contribution in [3.8, 4) is 5.88 Å². The number of aromatic nitrogens is 5. The van der Waals surface area contributed by atoms with Gasteiger partial charge in [-0.15, -0.1) is 5.10 Å². The summed E-state index contributed by atoms with van der Waals surface area (Å²) in [5.74, 6) is -0.00609. The number of hydrogen-bond donors (Lipinski definition) is 2. The number of carbonyl (C=O) groups is 1. The molecule has 3 aromatic heterocycles. The minimum atomic E-state index is -0.610. The summed E-state index contributed by atoms with van der Waals surface area (Å²) >= 11 is 5.87. The Morgan fingerprint density at radius 1 is 1.12 bits per heavy atom. The molecule has 0 bridgehead atoms. The highest BCUT2D eigenvalue weighted by molar-refractivity contribution is 6.30. The third-order valence-electron chi connectivity index (χ3n) is 9.45. The molecular formula is C38H34ClF2N7O3. The molecule has 8 rings (SSSR count). The lowest BCUT2D eigenvalue weighted by Crippen LogP contribution is -2.33. The molecular weight excluding hydrogens is 676 g/mol. The number of aryl methyl sites for hydroxylation is 1. The minimum absolute atomic E-state index is 0.0501. The van der Waals surface area contributed by atoms with Crippen molar-refractivity contribution in [2.45, 2.75) is 45.6 Å². The second-order valence-corrected chi connectivity index (χ2v) is 13.3. The van der Waals surface area contributed by atoms with Crippen molar-refractivity contribution in [3.05, 3.63) is 118 Å². The number of rotatable bonds is 10. The SMILES string of the molecule is Cc1cc(NC(=O)c2ccc3nc(CN4CC=C(c5cccc(OCc6ccc(Cl)cc6F)n5)CC4)n(CC4CCO4)c3c2)cc2c(F)n[nH]c12. The number of imidazole rings is 1. The van der Waals surface area contributed by atoms with Gasteiger partial charge in [0.05, 0.1) is 46.8 Å². The molecule has 0 saturated carbocycles. The van der Waals surface area contributed by atoms with Gasteiger partial charge in [0.25, 0.3) is 5.91 Å². The number of ether oxygens (including phenoxy) is 2. The van der Waals surface area contributed by atoms with Crippen LogP contribution in [0, 0.1) is 18.7 Å². The predicted molar refractivity (Wildman–Crippen MR) is 191 cm³/mol. The highest BCUT2D eigenvalue weighted by Gasteiger charge is 2.24. The van der Waals surface area contributed by atoms with E-state index in [1.165, 1.54) is 6.07 Å². The van der Waals surface area contributed by atoms with E-state index in [4.69, 9.17) is 26.1 Å². The van der Waals surface area contributed by atoms with E-state index in [-0.39, 0.29) is 18.6 Å². The van der Waals surface area contributed by atoms with Crippen LogP contribution >= 0.6 is 11.6 Å². The zero-order valence-electron chi connectivity index (χ0n) is 27.8. The quantitative estimate of drug-likeness (QED) is 0.152. The first kappa shape index (κ1) is 33.0. The fraction of sp³-hybridized carbons (Fsp3) is 0.263. The molecule has 13 heteroatoms. The highest BCUT2D eigenvalue weighted by Crippen LogP contribution is 2.28. The lowest BCUT2D eigenvalue weighted by atomic mass is 10.0. The van der Waals surface area contributed by atoms with Crippen LogP contribution in [0.25, 0.3) is 27.5 Å². The summed E-state index contributed by atoms with van der Waals surface area (Å²) in [7, 11) is 0. The summed E-state index contributed by atoms with van der Waals surface area (Å²) in [6.45, 7) is 5.38. The number of anilines is 1. The van der Waals surface area contributed by atoms with Gasteiger partial charge in [-0.1, -0.05) is 29.8 Å². The summed E-state index contributed by atoms with van der Waals surface area (Å²) in [6.07, 6.45) is 4.01. The molecule has 51 heavy (non-hydrogen) atoms. The maximum atomic E-state index is 14.2. The van der Waals surface area contributed by atoms with Crippen molar-refractivity contribution in [2.75, 3.05) is 25.0 Å². The van der Waals surface area contributed by atoms with Crippen LogP contribution in [0.3, 0.4) is 0 Å². The van der Waals surface area contributed by atoms with Gasteiger partial charge >= 0.3 is 0 Å². The summed E-state index contributed by atoms with van der Waals surface area (Å²) < 4.78 is 42.2. The molecule has 2 aliphatic rings. The van der Waals surface area contributed by atoms with Crippen molar-refractivity contribution in [1.82, 2.24) is 29.6 Å². The van der Waals surface area contributed by atoms with E-state index < -0.39 is 11.8 Å². The molecule has 0 radical (unpaired) electrons. The third kappa shape index (κ3) is 6.94. The molecule has 2 aliphatic heterocycles. The number of nitrogens with one attached hydrogen (secondary N) is 2. The van der Waals surface area contributed by atoms with E-state index in [1.54, 1.807) is 36.4 Å². The Labute approximate surface area is 297 Å². The zero-order chi connectivity index (χ0) is 35.1. The lowest BCUT2D eigenvalue weighted by Gasteiger charge is -2.29. The van der Waals surface area contributed by atoms with Gasteiger partial charge in [0.2, 0.25) is 11.8 Å². The Morgan fingerprint density at radius 2 is 2.00 bits per heavy atom. The molecule has 0 aliphatic carbocycles. The number of hydrogen-bond acceptors (Lipinski definition) is 7. The van der Waals surface area contributed by atoms with Crippen molar-refractivity contribution < 1.29 is 23.0 Å². The smallest absolute Gasteiger partial charge is 0.255 e. The van der Waals surface area contributed by atoms with Gasteiger partial charge < -0.3 is 19.4 Å². The van der Waals surface area contributed by atoms with Crippen LogP contribution in [-0.4, -0.2) is 61.3 Å². The second kappa shape index (κ2) is 13.9. The van der Waals surface area contributed by atoms with Gasteiger partial charge in [0, 0.05) is 47.6 Å². The Hall–Kier alpha value is -5.17. The van der Waals surface area contributed by atoms with Crippen LogP contribution in [0.15, 0.2) is 72.8 Å². The van der Waals surface area contributed by atoms with Gasteiger partial charge in [-0.2, -0.15) is 4.39 Å². The standard InChI is InChI=1S/C38H34ClF2N7O3/c1-22-15-27(18-29-36(22)45-46-37(29)41)42-38(49)24-6-8-32-33(16-24)48(19-28-11-14-50-28)34(43-32)20-47-12-9-23(10-13-47)31-3-2-4-35(44-31)51-21-25-5-7-26(39)17-30(25)40/h2-9,15-18,28H,10-14,19-21H2,1H3,(H,42,49)(H,45,46). The van der Waals surface area contributed by atoms with Crippen molar-refractivity contribution in [2.24, 2.45) is 0 Å². The topological polar surface area (TPSA) is 110 Å². The second-order valence-electron chi connectivity index (χ2n) is 12.9. The Kier molecular flexibility index (Phi) is 8.97. The molecule has 260 valence electrons. The fourth-order valence-corrected chi connectivity index (χ4v) is 6.72. The van der Waals surface area contributed by atoms with Crippen LogP contribution in [0.2, 0.25) is 5.02 Å². The van der Waals surface area contributed by atoms with Gasteiger partial charge in [0.1, 0.15) is 18.2 Å². The minimum Gasteiger partial charge on any atom is -0.473 e. The number of halogens is 3. The number of fused-ring (bicyclic) bond motifs is 2. The number of aromatic amines is 1. The molecule has 1 unspecified atom stereocenters. The number of carbonyl (C=O) groups excluding carboxylic acids is 1. The summed E-state index contributed by atoms with van der Waals surface area (Å²) in [5, 5.41) is 9.92. The van der Waals surface area contributed by atoms with Crippen LogP contribution in [0.4, 0.5) is 14.5 Å². The number of benzene rings is 3. The average Bonchev–Trinajstić information content (AvgIpc) is 3.65. The monoisotopic (exact) mass is 709 g/mol. The predicted octanol–water partition coefficient (Wildman–Crippen LogP) is 7.46. The maximum Gasteiger partial charge on any atom is 0.255 e. The van der Waals surface area contributed by atoms with Crippen LogP contribution < -0.4 is 10.1 Å². The van der Waals surface area contributed by atoms with E-state index in [1.807, 2.05) is 31.2 Å². The van der Waals surface area contributed by atoms with Gasteiger partial charge in [-0.05, 0) is 79.4 Å². The molecule has 6 aromatic rings. The maximum absolute atomic E-state index is 14.2. The number of pyridine rings is 1. The number of amides is 1. The first-order chi connectivity index (χ1) is 24.8. The molecule has 1 saturated heterocycles.